The van der Waals surface area contributed by atoms with Gasteiger partial charge in [0.15, 0.2) is 11.5 Å². The molecular weight excluding hydrogens is 272 g/mol. The number of benzene rings is 1. The van der Waals surface area contributed by atoms with Crippen LogP contribution in [0, 0.1) is 0 Å². The van der Waals surface area contributed by atoms with E-state index in [4.69, 9.17) is 20.1 Å². The summed E-state index contributed by atoms with van der Waals surface area (Å²) in [5.41, 5.74) is 3.38. The lowest BCUT2D eigenvalue weighted by Crippen LogP contribution is -2.36. The van der Waals surface area contributed by atoms with E-state index in [1.807, 2.05) is 25.1 Å². The molecule has 0 aromatic heterocycles. The second kappa shape index (κ2) is 8.33. The van der Waals surface area contributed by atoms with Crippen LogP contribution in [0.4, 0.5) is 5.69 Å². The summed E-state index contributed by atoms with van der Waals surface area (Å²) in [5.74, 6) is 7.45. The summed E-state index contributed by atoms with van der Waals surface area (Å²) in [4.78, 5) is 4.34. The van der Waals surface area contributed by atoms with Crippen molar-refractivity contribution < 1.29 is 14.2 Å². The number of nitrogens with two attached hydrogens (primary N) is 1. The van der Waals surface area contributed by atoms with Crippen molar-refractivity contribution in [3.05, 3.63) is 18.2 Å². The van der Waals surface area contributed by atoms with Crippen molar-refractivity contribution in [2.24, 2.45) is 10.8 Å². The maximum Gasteiger partial charge on any atom is 0.210 e. The summed E-state index contributed by atoms with van der Waals surface area (Å²) in [5, 5.41) is 3.11. The van der Waals surface area contributed by atoms with Gasteiger partial charge in [0.05, 0.1) is 0 Å². The molecule has 0 amide bonds. The summed E-state index contributed by atoms with van der Waals surface area (Å²) in [6, 6.07) is 5.61. The number of ether oxygens (including phenoxy) is 3. The third-order valence-electron chi connectivity index (χ3n) is 2.86. The highest BCUT2D eigenvalue weighted by Crippen LogP contribution is 2.32. The number of hydrogen-bond acceptors (Lipinski definition) is 5. The van der Waals surface area contributed by atoms with E-state index in [9.17, 15) is 0 Å². The molecule has 0 unspecified atom stereocenters. The Morgan fingerprint density at radius 2 is 2.14 bits per heavy atom. The lowest BCUT2D eigenvalue weighted by molar-refractivity contribution is 0.146. The van der Waals surface area contributed by atoms with Crippen LogP contribution in [0.5, 0.6) is 11.5 Å². The lowest BCUT2D eigenvalue weighted by Gasteiger charge is -2.19. The van der Waals surface area contributed by atoms with Crippen molar-refractivity contribution in [2.45, 2.75) is 13.3 Å². The monoisotopic (exact) mass is 294 g/mol. The highest BCUT2D eigenvalue weighted by Gasteiger charge is 2.12. The molecule has 0 bridgehead atoms. The maximum atomic E-state index is 5.53. The second-order valence-corrected chi connectivity index (χ2v) is 4.41. The van der Waals surface area contributed by atoms with E-state index in [2.05, 4.69) is 15.7 Å². The van der Waals surface area contributed by atoms with E-state index in [0.29, 0.717) is 32.3 Å². The molecule has 2 rings (SSSR count). The number of rotatable bonds is 6. The number of aliphatic imine (C=N–C) groups is 1. The molecule has 21 heavy (non-hydrogen) atoms. The first kappa shape index (κ1) is 15.4. The molecule has 1 aliphatic heterocycles. The van der Waals surface area contributed by atoms with Gasteiger partial charge in [-0.05, 0) is 25.5 Å². The van der Waals surface area contributed by atoms with Gasteiger partial charge < -0.3 is 19.5 Å². The fourth-order valence-corrected chi connectivity index (χ4v) is 1.88. The van der Waals surface area contributed by atoms with Crippen molar-refractivity contribution in [1.29, 1.82) is 0 Å². The molecule has 116 valence electrons. The van der Waals surface area contributed by atoms with E-state index in [-0.39, 0.29) is 0 Å². The molecule has 0 aliphatic carbocycles. The molecule has 0 radical (unpaired) electrons. The third-order valence-corrected chi connectivity index (χ3v) is 2.86. The number of anilines is 1. The number of hydrazine groups is 1. The lowest BCUT2D eigenvalue weighted by atomic mass is 10.2. The molecule has 0 spiro atoms. The Morgan fingerprint density at radius 3 is 2.90 bits per heavy atom. The molecule has 7 nitrogen and oxygen atoms in total. The summed E-state index contributed by atoms with van der Waals surface area (Å²) in [6.45, 7) is 5.17. The predicted octanol–water partition coefficient (Wildman–Crippen LogP) is 1.12. The molecule has 1 aliphatic rings. The predicted molar refractivity (Wildman–Crippen MR) is 81.8 cm³/mol. The first-order valence-corrected chi connectivity index (χ1v) is 7.09. The topological polar surface area (TPSA) is 90.1 Å². The molecule has 1 aromatic carbocycles. The van der Waals surface area contributed by atoms with Gasteiger partial charge in [-0.25, -0.2) is 5.84 Å². The fraction of sp³-hybridized carbons (Fsp3) is 0.500. The minimum absolute atomic E-state index is 0.503. The molecular formula is C14H22N4O3. The van der Waals surface area contributed by atoms with E-state index >= 15 is 0 Å². The molecule has 1 heterocycles. The molecule has 0 fully saturated rings. The van der Waals surface area contributed by atoms with Crippen LogP contribution in [0.25, 0.3) is 0 Å². The highest BCUT2D eigenvalue weighted by atomic mass is 16.6. The van der Waals surface area contributed by atoms with E-state index in [1.165, 1.54) is 0 Å². The first-order chi connectivity index (χ1) is 10.3. The van der Waals surface area contributed by atoms with Crippen molar-refractivity contribution in [3.63, 3.8) is 0 Å². The largest absolute Gasteiger partial charge is 0.486 e. The Hall–Kier alpha value is -1.99. The molecule has 0 saturated heterocycles. The van der Waals surface area contributed by atoms with Gasteiger partial charge in [-0.1, -0.05) is 0 Å². The molecule has 1 aromatic rings. The second-order valence-electron chi connectivity index (χ2n) is 4.41. The number of guanidine groups is 1. The van der Waals surface area contributed by atoms with Gasteiger partial charge in [-0.15, -0.1) is 0 Å². The zero-order chi connectivity index (χ0) is 14.9. The number of fused-ring (bicyclic) bond motifs is 1. The van der Waals surface area contributed by atoms with Gasteiger partial charge in [0.25, 0.3) is 0 Å². The zero-order valence-corrected chi connectivity index (χ0v) is 12.2. The smallest absolute Gasteiger partial charge is 0.210 e. The fourth-order valence-electron chi connectivity index (χ4n) is 1.88. The average Bonchev–Trinajstić information content (AvgIpc) is 2.53. The Kier molecular flexibility index (Phi) is 6.11. The standard InChI is InChI=1S/C14H22N4O3/c1-2-19-7-3-6-16-14(18-15)17-11-4-5-12-13(10-11)21-9-8-20-12/h4-5,10H,2-3,6-9,15H2,1H3,(H2,16,17,18). The van der Waals surface area contributed by atoms with Crippen LogP contribution in [0.2, 0.25) is 0 Å². The van der Waals surface area contributed by atoms with Crippen LogP contribution in [-0.4, -0.2) is 38.9 Å². The van der Waals surface area contributed by atoms with E-state index < -0.39 is 0 Å². The van der Waals surface area contributed by atoms with Gasteiger partial charge in [-0.2, -0.15) is 0 Å². The highest BCUT2D eigenvalue weighted by molar-refractivity contribution is 5.93. The van der Waals surface area contributed by atoms with Crippen LogP contribution >= 0.6 is 0 Å². The third kappa shape index (κ3) is 4.80. The summed E-state index contributed by atoms with van der Waals surface area (Å²) >= 11 is 0. The SMILES string of the molecule is CCOCCCN=C(NN)Nc1ccc2c(c1)OCCO2. The van der Waals surface area contributed by atoms with Gasteiger partial charge in [0, 0.05) is 31.5 Å². The molecule has 7 heteroatoms. The van der Waals surface area contributed by atoms with Gasteiger partial charge in [0.2, 0.25) is 5.96 Å². The quantitative estimate of drug-likeness (QED) is 0.239. The van der Waals surface area contributed by atoms with Crippen molar-refractivity contribution in [1.82, 2.24) is 5.43 Å². The summed E-state index contributed by atoms with van der Waals surface area (Å²) < 4.78 is 16.3. The zero-order valence-electron chi connectivity index (χ0n) is 12.2. The molecule has 0 atom stereocenters. The number of hydrogen-bond donors (Lipinski definition) is 3. The van der Waals surface area contributed by atoms with Crippen molar-refractivity contribution >= 4 is 11.6 Å². The van der Waals surface area contributed by atoms with Crippen LogP contribution in [-0.2, 0) is 4.74 Å². The number of nitrogens with zero attached hydrogens (tertiary/aromatic N) is 1. The van der Waals surface area contributed by atoms with Crippen LogP contribution in [0.1, 0.15) is 13.3 Å². The van der Waals surface area contributed by atoms with Gasteiger partial charge in [0.1, 0.15) is 13.2 Å². The van der Waals surface area contributed by atoms with Crippen LogP contribution < -0.4 is 26.1 Å². The van der Waals surface area contributed by atoms with E-state index in [0.717, 1.165) is 30.2 Å². The van der Waals surface area contributed by atoms with Crippen LogP contribution in [0.15, 0.2) is 23.2 Å². The minimum Gasteiger partial charge on any atom is -0.486 e. The van der Waals surface area contributed by atoms with Gasteiger partial charge in [-0.3, -0.25) is 10.4 Å². The average molecular weight is 294 g/mol. The van der Waals surface area contributed by atoms with Gasteiger partial charge >= 0.3 is 0 Å². The Labute approximate surface area is 124 Å². The molecule has 0 saturated carbocycles. The Balaban J connectivity index is 1.90. The maximum absolute atomic E-state index is 5.53. The minimum atomic E-state index is 0.503. The summed E-state index contributed by atoms with van der Waals surface area (Å²) in [6.07, 6.45) is 0.849. The first-order valence-electron chi connectivity index (χ1n) is 7.09. The Bertz CT molecular complexity index is 479. The molecule has 4 N–H and O–H groups in total. The van der Waals surface area contributed by atoms with Crippen molar-refractivity contribution in [2.75, 3.05) is 38.3 Å². The summed E-state index contributed by atoms with van der Waals surface area (Å²) in [7, 11) is 0. The number of nitrogens with one attached hydrogen (secondary N) is 2. The Morgan fingerprint density at radius 1 is 1.33 bits per heavy atom. The normalized spacial score (nSPS) is 13.9. The van der Waals surface area contributed by atoms with Crippen molar-refractivity contribution in [3.8, 4) is 11.5 Å². The van der Waals surface area contributed by atoms with Crippen LogP contribution in [0.3, 0.4) is 0 Å². The van der Waals surface area contributed by atoms with E-state index in [1.54, 1.807) is 0 Å².